The highest BCUT2D eigenvalue weighted by atomic mass is 19.1. The Morgan fingerprint density at radius 3 is 2.85 bits per heavy atom. The molecule has 0 radical (unpaired) electrons. The van der Waals surface area contributed by atoms with Crippen LogP contribution in [0.15, 0.2) is 12.1 Å². The third kappa shape index (κ3) is 3.98. The summed E-state index contributed by atoms with van der Waals surface area (Å²) in [5.74, 6) is -1.02. The summed E-state index contributed by atoms with van der Waals surface area (Å²) in [4.78, 5) is 26.2. The maximum Gasteiger partial charge on any atom is 0.319 e. The van der Waals surface area contributed by atoms with Gasteiger partial charge in [-0.3, -0.25) is 9.69 Å². The minimum absolute atomic E-state index is 0.0186. The van der Waals surface area contributed by atoms with Gasteiger partial charge in [0.2, 0.25) is 0 Å². The molecule has 146 valence electrons. The normalized spacial score (nSPS) is 25.3. The summed E-state index contributed by atoms with van der Waals surface area (Å²) in [6.07, 6.45) is 3.57. The standard InChI is InChI=1S/C18H23FN4O4/c19-12-6-11(7-13-17(12)27-10-16(24)21-13)20-18(25)22-14-8-26-9-15(14)23-4-2-1-3-5-23/h6-7,14-15H,1-5,8-10H2,(H,21,24)(H2,20,22,25)/t14-,15-/m0/s1. The molecule has 0 spiro atoms. The van der Waals surface area contributed by atoms with Crippen LogP contribution in [0.1, 0.15) is 19.3 Å². The molecule has 2 saturated heterocycles. The van der Waals surface area contributed by atoms with E-state index >= 15 is 0 Å². The number of piperidine rings is 1. The molecule has 3 heterocycles. The summed E-state index contributed by atoms with van der Waals surface area (Å²) in [5.41, 5.74) is 0.444. The zero-order chi connectivity index (χ0) is 18.8. The van der Waals surface area contributed by atoms with Crippen LogP contribution in [0.4, 0.5) is 20.6 Å². The van der Waals surface area contributed by atoms with Crippen LogP contribution in [0, 0.1) is 5.82 Å². The number of hydrogen-bond donors (Lipinski definition) is 3. The molecular formula is C18H23FN4O4. The van der Waals surface area contributed by atoms with Crippen molar-refractivity contribution in [2.45, 2.75) is 31.3 Å². The summed E-state index contributed by atoms with van der Waals surface area (Å²) in [5, 5.41) is 8.09. The van der Waals surface area contributed by atoms with E-state index in [9.17, 15) is 14.0 Å². The van der Waals surface area contributed by atoms with Crippen LogP contribution in [-0.2, 0) is 9.53 Å². The fourth-order valence-corrected chi connectivity index (χ4v) is 3.86. The molecule has 2 atom stereocenters. The Labute approximate surface area is 156 Å². The van der Waals surface area contributed by atoms with E-state index in [1.165, 1.54) is 18.6 Å². The van der Waals surface area contributed by atoms with E-state index in [0.29, 0.717) is 13.2 Å². The van der Waals surface area contributed by atoms with Crippen LogP contribution in [0.5, 0.6) is 5.75 Å². The third-order valence-electron chi connectivity index (χ3n) is 5.15. The number of urea groups is 1. The van der Waals surface area contributed by atoms with E-state index in [-0.39, 0.29) is 41.7 Å². The Hall–Kier alpha value is -2.39. The van der Waals surface area contributed by atoms with Gasteiger partial charge in [-0.1, -0.05) is 6.42 Å². The quantitative estimate of drug-likeness (QED) is 0.742. The maximum atomic E-state index is 14.1. The van der Waals surface area contributed by atoms with Gasteiger partial charge in [0.25, 0.3) is 5.91 Å². The smallest absolute Gasteiger partial charge is 0.319 e. The summed E-state index contributed by atoms with van der Waals surface area (Å²) >= 11 is 0. The second kappa shape index (κ2) is 7.69. The first kappa shape index (κ1) is 18.0. The molecule has 1 aromatic carbocycles. The van der Waals surface area contributed by atoms with Crippen molar-refractivity contribution < 1.29 is 23.5 Å². The minimum Gasteiger partial charge on any atom is -0.478 e. The van der Waals surface area contributed by atoms with Crippen molar-refractivity contribution in [2.24, 2.45) is 0 Å². The van der Waals surface area contributed by atoms with E-state index in [0.717, 1.165) is 25.9 Å². The molecule has 3 N–H and O–H groups in total. The fourth-order valence-electron chi connectivity index (χ4n) is 3.86. The molecule has 4 rings (SSSR count). The predicted octanol–water partition coefficient (Wildman–Crippen LogP) is 1.53. The molecule has 3 aliphatic heterocycles. The predicted molar refractivity (Wildman–Crippen MR) is 96.5 cm³/mol. The minimum atomic E-state index is -0.641. The molecule has 0 saturated carbocycles. The van der Waals surface area contributed by atoms with Gasteiger partial charge in [0.15, 0.2) is 18.2 Å². The lowest BCUT2D eigenvalue weighted by Crippen LogP contribution is -2.53. The van der Waals surface area contributed by atoms with Crippen LogP contribution in [-0.4, -0.2) is 61.8 Å². The zero-order valence-electron chi connectivity index (χ0n) is 14.9. The Balaban J connectivity index is 1.40. The monoisotopic (exact) mass is 378 g/mol. The third-order valence-corrected chi connectivity index (χ3v) is 5.15. The largest absolute Gasteiger partial charge is 0.478 e. The van der Waals surface area contributed by atoms with Crippen molar-refractivity contribution in [3.8, 4) is 5.75 Å². The lowest BCUT2D eigenvalue weighted by atomic mass is 10.1. The van der Waals surface area contributed by atoms with Crippen molar-refractivity contribution in [1.29, 1.82) is 0 Å². The summed E-state index contributed by atoms with van der Waals surface area (Å²) in [7, 11) is 0. The van der Waals surface area contributed by atoms with E-state index in [4.69, 9.17) is 9.47 Å². The number of carbonyl (C=O) groups excluding carboxylic acids is 2. The molecule has 1 aromatic rings. The van der Waals surface area contributed by atoms with Gasteiger partial charge in [-0.15, -0.1) is 0 Å². The van der Waals surface area contributed by atoms with Crippen LogP contribution in [0.2, 0.25) is 0 Å². The van der Waals surface area contributed by atoms with Crippen molar-refractivity contribution in [2.75, 3.05) is 43.5 Å². The average molecular weight is 378 g/mol. The molecule has 3 aliphatic rings. The summed E-state index contributed by atoms with van der Waals surface area (Å²) in [6, 6.07) is 2.25. The Bertz CT molecular complexity index is 738. The van der Waals surface area contributed by atoms with Crippen molar-refractivity contribution in [3.63, 3.8) is 0 Å². The number of rotatable bonds is 3. The SMILES string of the molecule is O=C1COc2c(F)cc(NC(=O)N[C@H]3COC[C@@H]3N3CCCCC3)cc2N1. The average Bonchev–Trinajstić information content (AvgIpc) is 3.10. The number of hydrogen-bond acceptors (Lipinski definition) is 5. The Morgan fingerprint density at radius 1 is 1.22 bits per heavy atom. The van der Waals surface area contributed by atoms with Gasteiger partial charge in [-0.05, 0) is 32.0 Å². The highest BCUT2D eigenvalue weighted by Crippen LogP contribution is 2.33. The second-order valence-corrected chi connectivity index (χ2v) is 7.08. The van der Waals surface area contributed by atoms with E-state index in [1.807, 2.05) is 0 Å². The van der Waals surface area contributed by atoms with Crippen LogP contribution in [0.3, 0.4) is 0 Å². The van der Waals surface area contributed by atoms with Crippen molar-refractivity contribution in [1.82, 2.24) is 10.2 Å². The number of anilines is 2. The van der Waals surface area contributed by atoms with Gasteiger partial charge in [-0.25, -0.2) is 9.18 Å². The molecule has 8 nitrogen and oxygen atoms in total. The van der Waals surface area contributed by atoms with Gasteiger partial charge in [0.05, 0.1) is 31.0 Å². The highest BCUT2D eigenvalue weighted by Gasteiger charge is 2.34. The number of carbonyl (C=O) groups is 2. The number of ether oxygens (including phenoxy) is 2. The number of halogens is 1. The summed E-state index contributed by atoms with van der Waals surface area (Å²) in [6.45, 7) is 2.86. The van der Waals surface area contributed by atoms with Gasteiger partial charge < -0.3 is 25.4 Å². The fraction of sp³-hybridized carbons (Fsp3) is 0.556. The molecule has 3 amide bonds. The zero-order valence-corrected chi connectivity index (χ0v) is 14.9. The molecule has 9 heteroatoms. The molecular weight excluding hydrogens is 355 g/mol. The first-order chi connectivity index (χ1) is 13.1. The molecule has 0 aromatic heterocycles. The van der Waals surface area contributed by atoms with Gasteiger partial charge in [0, 0.05) is 11.8 Å². The van der Waals surface area contributed by atoms with Gasteiger partial charge >= 0.3 is 6.03 Å². The first-order valence-electron chi connectivity index (χ1n) is 9.25. The highest BCUT2D eigenvalue weighted by molar-refractivity contribution is 5.97. The van der Waals surface area contributed by atoms with E-state index in [2.05, 4.69) is 20.9 Å². The van der Waals surface area contributed by atoms with Crippen LogP contribution >= 0.6 is 0 Å². The van der Waals surface area contributed by atoms with Crippen LogP contribution in [0.25, 0.3) is 0 Å². The maximum absolute atomic E-state index is 14.1. The number of fused-ring (bicyclic) bond motifs is 1. The number of nitrogens with one attached hydrogen (secondary N) is 3. The Morgan fingerprint density at radius 2 is 2.04 bits per heavy atom. The first-order valence-corrected chi connectivity index (χ1v) is 9.25. The number of amides is 3. The van der Waals surface area contributed by atoms with E-state index in [1.54, 1.807) is 0 Å². The topological polar surface area (TPSA) is 91.9 Å². The van der Waals surface area contributed by atoms with Gasteiger partial charge in [-0.2, -0.15) is 0 Å². The van der Waals surface area contributed by atoms with Crippen molar-refractivity contribution >= 4 is 23.3 Å². The number of benzene rings is 1. The lowest BCUT2D eigenvalue weighted by Gasteiger charge is -2.34. The molecule has 27 heavy (non-hydrogen) atoms. The molecule has 2 fully saturated rings. The lowest BCUT2D eigenvalue weighted by molar-refractivity contribution is -0.118. The van der Waals surface area contributed by atoms with Crippen LogP contribution < -0.4 is 20.7 Å². The molecule has 0 aliphatic carbocycles. The van der Waals surface area contributed by atoms with Gasteiger partial charge in [0.1, 0.15) is 0 Å². The van der Waals surface area contributed by atoms with E-state index < -0.39 is 11.8 Å². The second-order valence-electron chi connectivity index (χ2n) is 7.08. The molecule has 0 unspecified atom stereocenters. The number of likely N-dealkylation sites (tertiary alicyclic amines) is 1. The number of nitrogens with zero attached hydrogens (tertiary/aromatic N) is 1. The molecule has 0 bridgehead atoms. The Kier molecular flexibility index (Phi) is 5.13. The van der Waals surface area contributed by atoms with Crippen molar-refractivity contribution in [3.05, 3.63) is 17.9 Å². The summed E-state index contributed by atoms with van der Waals surface area (Å²) < 4.78 is 24.8.